The molecule has 0 fully saturated rings. The van der Waals surface area contributed by atoms with Crippen molar-refractivity contribution < 1.29 is 18.8 Å². The lowest BCUT2D eigenvalue weighted by atomic mass is 10.2. The molecule has 0 bridgehead atoms. The van der Waals surface area contributed by atoms with Gasteiger partial charge in [0.15, 0.2) is 0 Å². The highest BCUT2D eigenvalue weighted by Crippen LogP contribution is 2.27. The van der Waals surface area contributed by atoms with E-state index < -0.39 is 5.97 Å². The van der Waals surface area contributed by atoms with E-state index in [2.05, 4.69) is 9.68 Å². The zero-order valence-corrected chi connectivity index (χ0v) is 12.6. The molecule has 0 aliphatic rings. The molecule has 0 aliphatic heterocycles. The zero-order valence-electron chi connectivity index (χ0n) is 11.1. The Bertz CT molecular complexity index is 638. The molecule has 0 radical (unpaired) electrons. The summed E-state index contributed by atoms with van der Waals surface area (Å²) in [4.78, 5) is 11.8. The predicted octanol–water partition coefficient (Wildman–Crippen LogP) is 3.11. The summed E-state index contributed by atoms with van der Waals surface area (Å²) in [6, 6.07) is 4.84. The van der Waals surface area contributed by atoms with E-state index in [1.165, 1.54) is 0 Å². The van der Waals surface area contributed by atoms with Crippen LogP contribution in [0.1, 0.15) is 16.1 Å². The number of aryl methyl sites for hydroxylation is 1. The topological polar surface area (TPSA) is 87.6 Å². The summed E-state index contributed by atoms with van der Waals surface area (Å²) in [6.45, 7) is 1.76. The van der Waals surface area contributed by atoms with Crippen molar-refractivity contribution in [1.82, 2.24) is 5.16 Å². The lowest BCUT2D eigenvalue weighted by Gasteiger charge is -2.08. The number of nitrogens with zero attached hydrogens (tertiary/aromatic N) is 1. The minimum absolute atomic E-state index is 0.0296. The largest absolute Gasteiger partial charge is 0.488 e. The lowest BCUT2D eigenvalue weighted by molar-refractivity contribution is 0.0450. The second kappa shape index (κ2) is 6.69. The summed E-state index contributed by atoms with van der Waals surface area (Å²) in [5, 5.41) is 4.46. The number of halogens is 2. The molecule has 0 saturated heterocycles. The summed E-state index contributed by atoms with van der Waals surface area (Å²) in [5.41, 5.74) is 5.98. The number of aromatic nitrogens is 1. The molecule has 2 aromatic rings. The fourth-order valence-corrected chi connectivity index (χ4v) is 2.05. The molecule has 0 atom stereocenters. The van der Waals surface area contributed by atoms with Gasteiger partial charge in [-0.05, 0) is 25.1 Å². The Balaban J connectivity index is 1.83. The Morgan fingerprint density at radius 3 is 2.76 bits per heavy atom. The molecule has 1 aromatic carbocycles. The van der Waals surface area contributed by atoms with Gasteiger partial charge in [-0.2, -0.15) is 0 Å². The molecule has 0 unspecified atom stereocenters. The Kier molecular flexibility index (Phi) is 4.93. The molecule has 2 N–H and O–H groups in total. The number of carbonyl (C=O) groups is 1. The van der Waals surface area contributed by atoms with Crippen LogP contribution in [0.3, 0.4) is 0 Å². The van der Waals surface area contributed by atoms with Crippen LogP contribution in [0.15, 0.2) is 22.7 Å². The van der Waals surface area contributed by atoms with Crippen molar-refractivity contribution in [3.63, 3.8) is 0 Å². The summed E-state index contributed by atoms with van der Waals surface area (Å²) in [7, 11) is 0. The maximum absolute atomic E-state index is 11.8. The maximum Gasteiger partial charge on any atom is 0.345 e. The van der Waals surface area contributed by atoms with E-state index in [1.807, 2.05) is 0 Å². The number of rotatable bonds is 5. The fourth-order valence-electron chi connectivity index (χ4n) is 1.59. The smallest absolute Gasteiger partial charge is 0.345 e. The number of ether oxygens (including phenoxy) is 2. The standard InChI is InChI=1S/C13H12Cl2N2O4/c1-7-11(12(16)21-17-7)13(18)20-5-4-19-10-3-2-8(14)6-9(10)15/h2-3,6H,4-5,16H2,1H3. The number of nitrogen functional groups attached to an aromatic ring is 1. The fraction of sp³-hybridized carbons (Fsp3) is 0.231. The van der Waals surface area contributed by atoms with Gasteiger partial charge in [0, 0.05) is 5.02 Å². The monoisotopic (exact) mass is 330 g/mol. The molecular formula is C13H12Cl2N2O4. The van der Waals surface area contributed by atoms with Crippen LogP contribution in [-0.4, -0.2) is 24.3 Å². The molecule has 0 aliphatic carbocycles. The minimum Gasteiger partial charge on any atom is -0.488 e. The normalized spacial score (nSPS) is 10.4. The first-order chi connectivity index (χ1) is 9.99. The van der Waals surface area contributed by atoms with E-state index in [9.17, 15) is 4.79 Å². The molecular weight excluding hydrogens is 319 g/mol. The van der Waals surface area contributed by atoms with Crippen LogP contribution in [-0.2, 0) is 4.74 Å². The van der Waals surface area contributed by atoms with E-state index in [0.29, 0.717) is 21.5 Å². The number of benzene rings is 1. The van der Waals surface area contributed by atoms with Gasteiger partial charge < -0.3 is 19.7 Å². The minimum atomic E-state index is -0.614. The quantitative estimate of drug-likeness (QED) is 0.669. The van der Waals surface area contributed by atoms with E-state index >= 15 is 0 Å². The third kappa shape index (κ3) is 3.80. The summed E-state index contributed by atoms with van der Waals surface area (Å²) < 4.78 is 15.1. The molecule has 2 rings (SSSR count). The van der Waals surface area contributed by atoms with Crippen molar-refractivity contribution >= 4 is 35.1 Å². The van der Waals surface area contributed by atoms with Gasteiger partial charge in [0.2, 0.25) is 5.88 Å². The first kappa shape index (κ1) is 15.5. The SMILES string of the molecule is Cc1noc(N)c1C(=O)OCCOc1ccc(Cl)cc1Cl. The molecule has 21 heavy (non-hydrogen) atoms. The molecule has 0 amide bonds. The van der Waals surface area contributed by atoms with Crippen LogP contribution in [0, 0.1) is 6.92 Å². The van der Waals surface area contributed by atoms with Crippen LogP contribution in [0.5, 0.6) is 5.75 Å². The van der Waals surface area contributed by atoms with Gasteiger partial charge in [-0.25, -0.2) is 4.79 Å². The number of nitrogens with two attached hydrogens (primary N) is 1. The first-order valence-corrected chi connectivity index (χ1v) is 6.71. The second-order valence-corrected chi connectivity index (χ2v) is 4.91. The van der Waals surface area contributed by atoms with E-state index in [0.717, 1.165) is 0 Å². The van der Waals surface area contributed by atoms with Gasteiger partial charge in [-0.3, -0.25) is 0 Å². The van der Waals surface area contributed by atoms with E-state index in [1.54, 1.807) is 25.1 Å². The highest BCUT2D eigenvalue weighted by Gasteiger charge is 2.19. The molecule has 1 aromatic heterocycles. The van der Waals surface area contributed by atoms with Crippen molar-refractivity contribution in [1.29, 1.82) is 0 Å². The van der Waals surface area contributed by atoms with Gasteiger partial charge in [-0.1, -0.05) is 28.4 Å². The van der Waals surface area contributed by atoms with E-state index in [4.69, 9.17) is 38.4 Å². The zero-order chi connectivity index (χ0) is 15.4. The number of esters is 1. The van der Waals surface area contributed by atoms with Gasteiger partial charge in [0.1, 0.15) is 24.5 Å². The number of hydrogen-bond donors (Lipinski definition) is 1. The van der Waals surface area contributed by atoms with Crippen molar-refractivity contribution in [2.45, 2.75) is 6.92 Å². The van der Waals surface area contributed by atoms with Gasteiger partial charge in [0.05, 0.1) is 10.7 Å². The molecule has 6 nitrogen and oxygen atoms in total. The first-order valence-electron chi connectivity index (χ1n) is 5.95. The highest BCUT2D eigenvalue weighted by atomic mass is 35.5. The highest BCUT2D eigenvalue weighted by molar-refractivity contribution is 6.35. The van der Waals surface area contributed by atoms with Crippen LogP contribution >= 0.6 is 23.2 Å². The Labute approximate surface area is 130 Å². The van der Waals surface area contributed by atoms with Crippen LogP contribution in [0.2, 0.25) is 10.0 Å². The average Bonchev–Trinajstić information content (AvgIpc) is 2.76. The Morgan fingerprint density at radius 1 is 1.38 bits per heavy atom. The van der Waals surface area contributed by atoms with E-state index in [-0.39, 0.29) is 24.7 Å². The molecule has 0 spiro atoms. The number of hydrogen-bond acceptors (Lipinski definition) is 6. The molecule has 112 valence electrons. The van der Waals surface area contributed by atoms with Crippen LogP contribution in [0.4, 0.5) is 5.88 Å². The third-order valence-electron chi connectivity index (χ3n) is 2.56. The summed E-state index contributed by atoms with van der Waals surface area (Å²) in [6.07, 6.45) is 0. The average molecular weight is 331 g/mol. The maximum atomic E-state index is 11.8. The van der Waals surface area contributed by atoms with Crippen LogP contribution < -0.4 is 10.5 Å². The van der Waals surface area contributed by atoms with Crippen molar-refractivity contribution in [3.05, 3.63) is 39.5 Å². The van der Waals surface area contributed by atoms with Crippen molar-refractivity contribution in [2.24, 2.45) is 0 Å². The summed E-state index contributed by atoms with van der Waals surface area (Å²) in [5.74, 6) is -0.228. The predicted molar refractivity (Wildman–Crippen MR) is 77.9 cm³/mol. The van der Waals surface area contributed by atoms with Gasteiger partial charge >= 0.3 is 5.97 Å². The summed E-state index contributed by atoms with van der Waals surface area (Å²) >= 11 is 11.7. The van der Waals surface area contributed by atoms with Gasteiger partial charge in [0.25, 0.3) is 0 Å². The number of anilines is 1. The molecule has 0 saturated carbocycles. The number of carbonyl (C=O) groups excluding carboxylic acids is 1. The molecule has 8 heteroatoms. The van der Waals surface area contributed by atoms with Crippen LogP contribution in [0.25, 0.3) is 0 Å². The Hall–Kier alpha value is -1.92. The Morgan fingerprint density at radius 2 is 2.14 bits per heavy atom. The second-order valence-electron chi connectivity index (χ2n) is 4.07. The van der Waals surface area contributed by atoms with Crippen molar-refractivity contribution in [2.75, 3.05) is 18.9 Å². The van der Waals surface area contributed by atoms with Gasteiger partial charge in [-0.15, -0.1) is 0 Å². The van der Waals surface area contributed by atoms with Crippen molar-refractivity contribution in [3.8, 4) is 5.75 Å². The molecule has 1 heterocycles. The lowest BCUT2D eigenvalue weighted by Crippen LogP contribution is -2.14. The third-order valence-corrected chi connectivity index (χ3v) is 3.09.